The Hall–Kier alpha value is -0.560. The molecule has 0 heterocycles. The molecule has 0 saturated carbocycles. The van der Waals surface area contributed by atoms with E-state index >= 15 is 0 Å². The molecule has 64 valence electrons. The van der Waals surface area contributed by atoms with Crippen molar-refractivity contribution in [2.24, 2.45) is 0 Å². The van der Waals surface area contributed by atoms with Crippen LogP contribution < -0.4 is 0 Å². The molecule has 0 nitrogen and oxygen atoms in total. The van der Waals surface area contributed by atoms with E-state index in [0.29, 0.717) is 0 Å². The molecule has 1 aromatic carbocycles. The Morgan fingerprint density at radius 3 is 2.92 bits per heavy atom. The largest absolute Gasteiger partial charge is 0.0651 e. The standard InChI is InChI=1S/C11H13Br/c1-2-4-10-5-3-6-11(9-10)7-8-12/h3,5-9H,2,4H2,1H3/b8-7+. The zero-order valence-electron chi connectivity index (χ0n) is 7.26. The van der Waals surface area contributed by atoms with Crippen molar-refractivity contribution in [3.63, 3.8) is 0 Å². The molecule has 0 aliphatic heterocycles. The van der Waals surface area contributed by atoms with Crippen LogP contribution in [0.2, 0.25) is 0 Å². The molecule has 0 unspecified atom stereocenters. The Kier molecular flexibility index (Phi) is 4.09. The van der Waals surface area contributed by atoms with Gasteiger partial charge < -0.3 is 0 Å². The molecular formula is C11H13Br. The molecule has 0 aliphatic carbocycles. The first-order chi connectivity index (χ1) is 5.86. The third-order valence-electron chi connectivity index (χ3n) is 1.75. The molecule has 12 heavy (non-hydrogen) atoms. The van der Waals surface area contributed by atoms with Gasteiger partial charge in [0.05, 0.1) is 0 Å². The second-order valence-electron chi connectivity index (χ2n) is 2.79. The van der Waals surface area contributed by atoms with Gasteiger partial charge in [0.1, 0.15) is 0 Å². The van der Waals surface area contributed by atoms with Crippen molar-refractivity contribution in [3.05, 3.63) is 40.4 Å². The van der Waals surface area contributed by atoms with Gasteiger partial charge >= 0.3 is 0 Å². The van der Waals surface area contributed by atoms with E-state index in [4.69, 9.17) is 0 Å². The summed E-state index contributed by atoms with van der Waals surface area (Å²) in [4.78, 5) is 1.89. The maximum Gasteiger partial charge on any atom is -0.0183 e. The lowest BCUT2D eigenvalue weighted by molar-refractivity contribution is 0.921. The van der Waals surface area contributed by atoms with Crippen LogP contribution in [0.15, 0.2) is 29.3 Å². The summed E-state index contributed by atoms with van der Waals surface area (Å²) in [5, 5.41) is 0. The van der Waals surface area contributed by atoms with Crippen LogP contribution in [0.1, 0.15) is 24.5 Å². The summed E-state index contributed by atoms with van der Waals surface area (Å²) in [6, 6.07) is 8.61. The first-order valence-electron chi connectivity index (χ1n) is 4.22. The molecule has 0 aromatic heterocycles. The van der Waals surface area contributed by atoms with Crippen LogP contribution in [0.3, 0.4) is 0 Å². The summed E-state index contributed by atoms with van der Waals surface area (Å²) >= 11 is 3.27. The first-order valence-corrected chi connectivity index (χ1v) is 5.14. The maximum absolute atomic E-state index is 3.27. The normalized spacial score (nSPS) is 10.8. The van der Waals surface area contributed by atoms with Crippen molar-refractivity contribution < 1.29 is 0 Å². The fourth-order valence-corrected chi connectivity index (χ4v) is 1.52. The molecule has 0 radical (unpaired) electrons. The average Bonchev–Trinajstić information content (AvgIpc) is 2.06. The summed E-state index contributed by atoms with van der Waals surface area (Å²) in [5.41, 5.74) is 2.68. The van der Waals surface area contributed by atoms with Gasteiger partial charge in [0.25, 0.3) is 0 Å². The molecule has 0 spiro atoms. The van der Waals surface area contributed by atoms with Crippen molar-refractivity contribution >= 4 is 22.0 Å². The lowest BCUT2D eigenvalue weighted by Crippen LogP contribution is -1.82. The van der Waals surface area contributed by atoms with E-state index in [1.807, 2.05) is 4.99 Å². The predicted octanol–water partition coefficient (Wildman–Crippen LogP) is 4.00. The van der Waals surface area contributed by atoms with Gasteiger partial charge in [-0.1, -0.05) is 53.5 Å². The number of rotatable bonds is 3. The molecule has 0 aliphatic rings. The number of halogens is 1. The van der Waals surface area contributed by atoms with Crippen molar-refractivity contribution in [1.29, 1.82) is 0 Å². The highest BCUT2D eigenvalue weighted by molar-refractivity contribution is 9.11. The number of hydrogen-bond acceptors (Lipinski definition) is 0. The summed E-state index contributed by atoms with van der Waals surface area (Å²) < 4.78 is 0. The second kappa shape index (κ2) is 5.15. The van der Waals surface area contributed by atoms with Crippen molar-refractivity contribution in [1.82, 2.24) is 0 Å². The van der Waals surface area contributed by atoms with Crippen molar-refractivity contribution in [2.45, 2.75) is 19.8 Å². The molecule has 0 bridgehead atoms. The monoisotopic (exact) mass is 224 g/mol. The van der Waals surface area contributed by atoms with E-state index in [1.165, 1.54) is 24.0 Å². The van der Waals surface area contributed by atoms with Crippen LogP contribution in [0.5, 0.6) is 0 Å². The van der Waals surface area contributed by atoms with Crippen LogP contribution in [0.25, 0.3) is 6.08 Å². The maximum atomic E-state index is 3.27. The quantitative estimate of drug-likeness (QED) is 0.729. The molecule has 1 heteroatoms. The Balaban J connectivity index is 2.80. The Bertz CT molecular complexity index is 263. The van der Waals surface area contributed by atoms with Crippen molar-refractivity contribution in [3.8, 4) is 0 Å². The van der Waals surface area contributed by atoms with E-state index in [1.54, 1.807) is 0 Å². The van der Waals surface area contributed by atoms with Gasteiger partial charge in [-0.15, -0.1) is 0 Å². The zero-order chi connectivity index (χ0) is 8.81. The molecular weight excluding hydrogens is 212 g/mol. The van der Waals surface area contributed by atoms with Gasteiger partial charge in [-0.05, 0) is 28.6 Å². The Labute approximate surface area is 82.4 Å². The summed E-state index contributed by atoms with van der Waals surface area (Å²) in [6.45, 7) is 2.20. The van der Waals surface area contributed by atoms with Crippen LogP contribution in [0, 0.1) is 0 Å². The lowest BCUT2D eigenvalue weighted by Gasteiger charge is -1.99. The number of aryl methyl sites for hydroxylation is 1. The smallest absolute Gasteiger partial charge is 0.0183 e. The fraction of sp³-hybridized carbons (Fsp3) is 0.273. The SMILES string of the molecule is CCCc1cccc(/C=C/Br)c1. The topological polar surface area (TPSA) is 0 Å². The fourth-order valence-electron chi connectivity index (χ4n) is 1.21. The first kappa shape index (κ1) is 9.53. The predicted molar refractivity (Wildman–Crippen MR) is 58.4 cm³/mol. The van der Waals surface area contributed by atoms with Gasteiger partial charge in [0.2, 0.25) is 0 Å². The van der Waals surface area contributed by atoms with Gasteiger partial charge in [-0.25, -0.2) is 0 Å². The van der Waals surface area contributed by atoms with Gasteiger partial charge in [0.15, 0.2) is 0 Å². The van der Waals surface area contributed by atoms with Crippen LogP contribution in [-0.2, 0) is 6.42 Å². The molecule has 0 fully saturated rings. The lowest BCUT2D eigenvalue weighted by atomic mass is 10.1. The number of benzene rings is 1. The molecule has 1 rings (SSSR count). The van der Waals surface area contributed by atoms with Crippen LogP contribution >= 0.6 is 15.9 Å². The van der Waals surface area contributed by atoms with E-state index < -0.39 is 0 Å². The Morgan fingerprint density at radius 1 is 1.42 bits per heavy atom. The van der Waals surface area contributed by atoms with Gasteiger partial charge in [-0.2, -0.15) is 0 Å². The summed E-state index contributed by atoms with van der Waals surface area (Å²) in [5.74, 6) is 0. The van der Waals surface area contributed by atoms with Crippen LogP contribution in [-0.4, -0.2) is 0 Å². The summed E-state index contributed by atoms with van der Waals surface area (Å²) in [6.07, 6.45) is 4.44. The third-order valence-corrected chi connectivity index (χ3v) is 2.01. The highest BCUT2D eigenvalue weighted by Crippen LogP contribution is 2.09. The van der Waals surface area contributed by atoms with Crippen molar-refractivity contribution in [2.75, 3.05) is 0 Å². The summed E-state index contributed by atoms with van der Waals surface area (Å²) in [7, 11) is 0. The van der Waals surface area contributed by atoms with Gasteiger partial charge in [-0.3, -0.25) is 0 Å². The molecule has 0 saturated heterocycles. The minimum absolute atomic E-state index is 1.17. The minimum atomic E-state index is 1.17. The molecule has 0 N–H and O–H groups in total. The average molecular weight is 225 g/mol. The van der Waals surface area contributed by atoms with E-state index in [-0.39, 0.29) is 0 Å². The van der Waals surface area contributed by atoms with Gasteiger partial charge in [0, 0.05) is 0 Å². The Morgan fingerprint density at radius 2 is 2.25 bits per heavy atom. The zero-order valence-corrected chi connectivity index (χ0v) is 8.84. The highest BCUT2D eigenvalue weighted by atomic mass is 79.9. The van der Waals surface area contributed by atoms with Crippen LogP contribution in [0.4, 0.5) is 0 Å². The van der Waals surface area contributed by atoms with E-state index in [9.17, 15) is 0 Å². The molecule has 1 aromatic rings. The third kappa shape index (κ3) is 2.82. The molecule has 0 atom stereocenters. The van der Waals surface area contributed by atoms with E-state index in [2.05, 4.69) is 53.2 Å². The number of hydrogen-bond donors (Lipinski definition) is 0. The molecule has 0 amide bonds. The second-order valence-corrected chi connectivity index (χ2v) is 3.32. The van der Waals surface area contributed by atoms with E-state index in [0.717, 1.165) is 0 Å². The minimum Gasteiger partial charge on any atom is -0.0651 e. The highest BCUT2D eigenvalue weighted by Gasteiger charge is 1.91.